The van der Waals surface area contributed by atoms with Gasteiger partial charge in [0.25, 0.3) is 5.69 Å². The van der Waals surface area contributed by atoms with Crippen LogP contribution in [0.3, 0.4) is 0 Å². The lowest BCUT2D eigenvalue weighted by Crippen LogP contribution is -2.00. The summed E-state index contributed by atoms with van der Waals surface area (Å²) in [6.07, 6.45) is 0. The topological polar surface area (TPSA) is 80.4 Å². The first kappa shape index (κ1) is 14.1. The van der Waals surface area contributed by atoms with Crippen LogP contribution in [-0.2, 0) is 5.75 Å². The second-order valence-electron chi connectivity index (χ2n) is 4.00. The molecule has 0 aliphatic heterocycles. The number of thioether (sulfide) groups is 1. The van der Waals surface area contributed by atoms with Gasteiger partial charge in [-0.25, -0.2) is 4.79 Å². The fraction of sp³-hybridized carbons (Fsp3) is 0.0714. The largest absolute Gasteiger partial charge is 0.478 e. The monoisotopic (exact) mass is 289 g/mol. The average molecular weight is 289 g/mol. The van der Waals surface area contributed by atoms with Crippen molar-refractivity contribution in [1.29, 1.82) is 0 Å². The summed E-state index contributed by atoms with van der Waals surface area (Å²) in [6, 6.07) is 13.0. The number of hydrogen-bond acceptors (Lipinski definition) is 4. The third-order valence-electron chi connectivity index (χ3n) is 2.69. The molecule has 0 amide bonds. The standard InChI is InChI=1S/C14H11NO4S/c16-14(17)13-4-2-1-3-10(13)9-20-12-7-5-11(6-8-12)15(18)19/h1-8H,9H2,(H,16,17). The molecule has 2 rings (SSSR count). The first-order chi connectivity index (χ1) is 9.58. The highest BCUT2D eigenvalue weighted by atomic mass is 32.2. The van der Waals surface area contributed by atoms with Crippen LogP contribution in [0.25, 0.3) is 0 Å². The fourth-order valence-corrected chi connectivity index (χ4v) is 2.58. The summed E-state index contributed by atoms with van der Waals surface area (Å²) in [6.45, 7) is 0. The molecule has 102 valence electrons. The molecule has 2 aromatic carbocycles. The lowest BCUT2D eigenvalue weighted by atomic mass is 10.1. The third kappa shape index (κ3) is 3.36. The zero-order valence-corrected chi connectivity index (χ0v) is 11.2. The van der Waals surface area contributed by atoms with Crippen molar-refractivity contribution in [2.75, 3.05) is 0 Å². The van der Waals surface area contributed by atoms with Gasteiger partial charge >= 0.3 is 5.97 Å². The molecule has 6 heteroatoms. The SMILES string of the molecule is O=C(O)c1ccccc1CSc1ccc([N+](=O)[O-])cc1. The van der Waals surface area contributed by atoms with E-state index in [1.54, 1.807) is 36.4 Å². The van der Waals surface area contributed by atoms with Gasteiger partial charge < -0.3 is 5.11 Å². The molecule has 0 unspecified atom stereocenters. The summed E-state index contributed by atoms with van der Waals surface area (Å²) in [4.78, 5) is 22.0. The number of carboxylic acids is 1. The molecule has 0 aliphatic carbocycles. The predicted molar refractivity (Wildman–Crippen MR) is 76.1 cm³/mol. The quantitative estimate of drug-likeness (QED) is 0.517. The van der Waals surface area contributed by atoms with Crippen molar-refractivity contribution in [3.8, 4) is 0 Å². The Hall–Kier alpha value is -2.34. The van der Waals surface area contributed by atoms with E-state index in [4.69, 9.17) is 5.11 Å². The first-order valence-electron chi connectivity index (χ1n) is 5.76. The molecule has 1 N–H and O–H groups in total. The lowest BCUT2D eigenvalue weighted by Gasteiger charge is -2.05. The molecule has 2 aromatic rings. The summed E-state index contributed by atoms with van der Waals surface area (Å²) < 4.78 is 0. The van der Waals surface area contributed by atoms with Crippen LogP contribution in [0.15, 0.2) is 53.4 Å². The van der Waals surface area contributed by atoms with E-state index >= 15 is 0 Å². The van der Waals surface area contributed by atoms with Crippen molar-refractivity contribution in [3.63, 3.8) is 0 Å². The molecule has 0 spiro atoms. The van der Waals surface area contributed by atoms with E-state index in [9.17, 15) is 14.9 Å². The smallest absolute Gasteiger partial charge is 0.335 e. The Morgan fingerprint density at radius 3 is 2.40 bits per heavy atom. The first-order valence-corrected chi connectivity index (χ1v) is 6.75. The number of benzene rings is 2. The third-order valence-corrected chi connectivity index (χ3v) is 3.75. The summed E-state index contributed by atoms with van der Waals surface area (Å²) >= 11 is 1.44. The number of carboxylic acid groups (broad SMARTS) is 1. The summed E-state index contributed by atoms with van der Waals surface area (Å²) in [5, 5.41) is 19.6. The summed E-state index contributed by atoms with van der Waals surface area (Å²) in [7, 11) is 0. The van der Waals surface area contributed by atoms with Crippen LogP contribution in [0.1, 0.15) is 15.9 Å². The Morgan fingerprint density at radius 2 is 1.80 bits per heavy atom. The minimum Gasteiger partial charge on any atom is -0.478 e. The second kappa shape index (κ2) is 6.21. The predicted octanol–water partition coefficient (Wildman–Crippen LogP) is 3.59. The van der Waals surface area contributed by atoms with Crippen LogP contribution in [-0.4, -0.2) is 16.0 Å². The molecule has 0 aliphatic rings. The maximum atomic E-state index is 11.1. The van der Waals surface area contributed by atoms with Crippen molar-refractivity contribution in [1.82, 2.24) is 0 Å². The van der Waals surface area contributed by atoms with Crippen molar-refractivity contribution in [3.05, 3.63) is 69.8 Å². The molecule has 20 heavy (non-hydrogen) atoms. The van der Waals surface area contributed by atoms with Crippen LogP contribution in [0.5, 0.6) is 0 Å². The Balaban J connectivity index is 2.09. The van der Waals surface area contributed by atoms with Gasteiger partial charge in [0.1, 0.15) is 0 Å². The lowest BCUT2D eigenvalue weighted by molar-refractivity contribution is -0.384. The van der Waals surface area contributed by atoms with Crippen molar-refractivity contribution < 1.29 is 14.8 Å². The Bertz CT molecular complexity index is 640. The van der Waals surface area contributed by atoms with E-state index in [2.05, 4.69) is 0 Å². The Kier molecular flexibility index (Phi) is 4.37. The minimum atomic E-state index is -0.954. The molecular weight excluding hydrogens is 278 g/mol. The number of non-ortho nitro benzene ring substituents is 1. The van der Waals surface area contributed by atoms with E-state index in [1.807, 2.05) is 0 Å². The van der Waals surface area contributed by atoms with Crippen molar-refractivity contribution in [2.45, 2.75) is 10.6 Å². The molecule has 0 saturated carbocycles. The highest BCUT2D eigenvalue weighted by Crippen LogP contribution is 2.26. The van der Waals surface area contributed by atoms with Crippen LogP contribution >= 0.6 is 11.8 Å². The van der Waals surface area contributed by atoms with Gasteiger partial charge in [-0.15, -0.1) is 11.8 Å². The van der Waals surface area contributed by atoms with E-state index in [1.165, 1.54) is 23.9 Å². The molecular formula is C14H11NO4S. The van der Waals surface area contributed by atoms with E-state index < -0.39 is 10.9 Å². The minimum absolute atomic E-state index is 0.0419. The molecule has 0 fully saturated rings. The number of nitro groups is 1. The molecule has 0 radical (unpaired) electrons. The number of hydrogen-bond donors (Lipinski definition) is 1. The summed E-state index contributed by atoms with van der Waals surface area (Å²) in [5.74, 6) is -0.454. The van der Waals surface area contributed by atoms with Gasteiger partial charge in [0.05, 0.1) is 10.5 Å². The highest BCUT2D eigenvalue weighted by Gasteiger charge is 2.09. The zero-order chi connectivity index (χ0) is 14.5. The van der Waals surface area contributed by atoms with E-state index in [0.29, 0.717) is 5.75 Å². The molecule has 5 nitrogen and oxygen atoms in total. The van der Waals surface area contributed by atoms with Crippen LogP contribution in [0, 0.1) is 10.1 Å². The zero-order valence-electron chi connectivity index (χ0n) is 10.4. The molecule has 0 bridgehead atoms. The average Bonchev–Trinajstić information content (AvgIpc) is 2.45. The van der Waals surface area contributed by atoms with E-state index in [-0.39, 0.29) is 11.3 Å². The normalized spacial score (nSPS) is 10.2. The maximum absolute atomic E-state index is 11.1. The van der Waals surface area contributed by atoms with Gasteiger partial charge in [0.2, 0.25) is 0 Å². The number of carbonyl (C=O) groups is 1. The van der Waals surface area contributed by atoms with Gasteiger partial charge in [-0.05, 0) is 23.8 Å². The van der Waals surface area contributed by atoms with Gasteiger partial charge in [-0.3, -0.25) is 10.1 Å². The fourth-order valence-electron chi connectivity index (χ4n) is 1.68. The second-order valence-corrected chi connectivity index (χ2v) is 5.05. The Labute approximate surface area is 119 Å². The highest BCUT2D eigenvalue weighted by molar-refractivity contribution is 7.98. The molecule has 0 heterocycles. The van der Waals surface area contributed by atoms with Gasteiger partial charge in [-0.1, -0.05) is 18.2 Å². The van der Waals surface area contributed by atoms with E-state index in [0.717, 1.165) is 10.5 Å². The van der Waals surface area contributed by atoms with Crippen molar-refractivity contribution in [2.24, 2.45) is 0 Å². The molecule has 0 atom stereocenters. The molecule has 0 aromatic heterocycles. The summed E-state index contributed by atoms with van der Waals surface area (Å²) in [5.41, 5.74) is 1.05. The van der Waals surface area contributed by atoms with Gasteiger partial charge in [0, 0.05) is 22.8 Å². The number of aromatic carboxylic acids is 1. The van der Waals surface area contributed by atoms with Gasteiger partial charge in [0.15, 0.2) is 0 Å². The van der Waals surface area contributed by atoms with Crippen molar-refractivity contribution >= 4 is 23.4 Å². The number of rotatable bonds is 5. The van der Waals surface area contributed by atoms with Crippen LogP contribution in [0.4, 0.5) is 5.69 Å². The van der Waals surface area contributed by atoms with Crippen LogP contribution in [0.2, 0.25) is 0 Å². The maximum Gasteiger partial charge on any atom is 0.335 e. The molecule has 0 saturated heterocycles. The van der Waals surface area contributed by atoms with Gasteiger partial charge in [-0.2, -0.15) is 0 Å². The Morgan fingerprint density at radius 1 is 1.15 bits per heavy atom. The number of nitro benzene ring substituents is 1. The number of nitrogens with zero attached hydrogens (tertiary/aromatic N) is 1. The van der Waals surface area contributed by atoms with Crippen LogP contribution < -0.4 is 0 Å².